The van der Waals surface area contributed by atoms with Crippen LogP contribution in [0.3, 0.4) is 0 Å². The van der Waals surface area contributed by atoms with E-state index in [1.165, 1.54) is 0 Å². The SMILES string of the molecule is Cc1cc2cc(n1)-c1c(C)nn(C)c1OC[C@H]1CC[C@H](C1)Cn1c(nc3ccc(Br)cc31)NC2=O. The van der Waals surface area contributed by atoms with Crippen molar-refractivity contribution < 1.29 is 9.53 Å². The van der Waals surface area contributed by atoms with Crippen molar-refractivity contribution in [3.05, 3.63) is 51.8 Å². The number of imidazole rings is 1. The van der Waals surface area contributed by atoms with E-state index >= 15 is 0 Å². The lowest BCUT2D eigenvalue weighted by molar-refractivity contribution is 0.102. The Labute approximate surface area is 211 Å². The number of nitrogens with one attached hydrogen (secondary N) is 1. The molecule has 0 saturated heterocycles. The average Bonchev–Trinajstić information content (AvgIpc) is 3.47. The Morgan fingerprint density at radius 2 is 1.94 bits per heavy atom. The number of nitrogens with zero attached hydrogens (tertiary/aromatic N) is 5. The Hall–Kier alpha value is -3.20. The van der Waals surface area contributed by atoms with Gasteiger partial charge in [-0.05, 0) is 75.3 Å². The summed E-state index contributed by atoms with van der Waals surface area (Å²) in [7, 11) is 1.89. The number of carbonyl (C=O) groups excluding carboxylic acids is 1. The minimum atomic E-state index is -0.212. The van der Waals surface area contributed by atoms with Crippen molar-refractivity contribution in [3.63, 3.8) is 0 Å². The predicted octanol–water partition coefficient (Wildman–Crippen LogP) is 5.27. The quantitative estimate of drug-likeness (QED) is 0.332. The molecule has 8 nitrogen and oxygen atoms in total. The van der Waals surface area contributed by atoms with Gasteiger partial charge in [-0.15, -0.1) is 0 Å². The highest BCUT2D eigenvalue weighted by Gasteiger charge is 2.29. The molecule has 1 fully saturated rings. The highest BCUT2D eigenvalue weighted by molar-refractivity contribution is 9.10. The van der Waals surface area contributed by atoms with Gasteiger partial charge in [0.2, 0.25) is 11.8 Å². The number of hydrogen-bond acceptors (Lipinski definition) is 5. The molecule has 0 radical (unpaired) electrons. The number of benzene rings is 1. The summed E-state index contributed by atoms with van der Waals surface area (Å²) in [6, 6.07) is 9.65. The first-order chi connectivity index (χ1) is 16.9. The molecule has 1 N–H and O–H groups in total. The van der Waals surface area contributed by atoms with Crippen LogP contribution in [0.2, 0.25) is 0 Å². The lowest BCUT2D eigenvalue weighted by Crippen LogP contribution is -2.18. The van der Waals surface area contributed by atoms with Gasteiger partial charge in [0.1, 0.15) is 0 Å². The lowest BCUT2D eigenvalue weighted by Gasteiger charge is -2.16. The number of rotatable bonds is 0. The Morgan fingerprint density at radius 3 is 2.80 bits per heavy atom. The minimum absolute atomic E-state index is 0.212. The third kappa shape index (κ3) is 4.01. The van der Waals surface area contributed by atoms with E-state index in [1.807, 2.05) is 39.1 Å². The van der Waals surface area contributed by atoms with Crippen molar-refractivity contribution in [2.75, 3.05) is 11.9 Å². The Morgan fingerprint density at radius 1 is 1.11 bits per heavy atom. The van der Waals surface area contributed by atoms with Crippen LogP contribution in [-0.4, -0.2) is 36.8 Å². The van der Waals surface area contributed by atoms with Crippen LogP contribution < -0.4 is 10.1 Å². The third-order valence-corrected chi connectivity index (χ3v) is 7.62. The van der Waals surface area contributed by atoms with Crippen LogP contribution in [0.15, 0.2) is 34.8 Å². The summed E-state index contributed by atoms with van der Waals surface area (Å²) in [6.07, 6.45) is 3.30. The largest absolute Gasteiger partial charge is 0.477 e. The molecule has 1 aromatic carbocycles. The van der Waals surface area contributed by atoms with Gasteiger partial charge in [0, 0.05) is 29.3 Å². The fraction of sp³-hybridized carbons (Fsp3) is 0.385. The van der Waals surface area contributed by atoms with Gasteiger partial charge in [0.25, 0.3) is 5.91 Å². The second kappa shape index (κ2) is 8.48. The summed E-state index contributed by atoms with van der Waals surface area (Å²) in [5.74, 6) is 2.02. The van der Waals surface area contributed by atoms with E-state index in [9.17, 15) is 4.79 Å². The standard InChI is InChI=1S/C26H27BrN6O2/c1-14-8-18-10-21(28-14)23-15(2)31-32(3)25(23)35-13-17-5-4-16(9-17)12-33-22-11-19(27)6-7-20(22)29-26(33)30-24(18)34/h6-8,10-11,16-17H,4-5,9,12-13H2,1-3H3,(H,29,30,34)/t16-,17+/m1/s1. The van der Waals surface area contributed by atoms with E-state index in [-0.39, 0.29) is 5.91 Å². The summed E-state index contributed by atoms with van der Waals surface area (Å²) in [5, 5.41) is 7.69. The van der Waals surface area contributed by atoms with E-state index in [0.29, 0.717) is 41.5 Å². The van der Waals surface area contributed by atoms with Crippen molar-refractivity contribution in [2.45, 2.75) is 39.7 Å². The molecule has 0 unspecified atom stereocenters. The van der Waals surface area contributed by atoms with Crippen molar-refractivity contribution in [1.82, 2.24) is 24.3 Å². The zero-order valence-electron chi connectivity index (χ0n) is 20.0. The summed E-state index contributed by atoms with van der Waals surface area (Å²) in [6.45, 7) is 5.29. The van der Waals surface area contributed by atoms with Crippen LogP contribution in [-0.2, 0) is 13.6 Å². The molecule has 2 atom stereocenters. The number of aryl methyl sites for hydroxylation is 3. The molecular formula is C26H27BrN6O2. The number of hydrogen-bond donors (Lipinski definition) is 1. The fourth-order valence-electron chi connectivity index (χ4n) is 5.53. The van der Waals surface area contributed by atoms with Crippen molar-refractivity contribution >= 4 is 38.8 Å². The van der Waals surface area contributed by atoms with Crippen LogP contribution >= 0.6 is 15.9 Å². The van der Waals surface area contributed by atoms with Gasteiger partial charge < -0.3 is 9.30 Å². The molecule has 6 rings (SSSR count). The molecule has 4 aromatic rings. The van der Waals surface area contributed by atoms with Crippen LogP contribution in [0, 0.1) is 25.7 Å². The first kappa shape index (κ1) is 22.3. The van der Waals surface area contributed by atoms with E-state index in [0.717, 1.165) is 58.3 Å². The smallest absolute Gasteiger partial charge is 0.258 e. The number of pyridine rings is 1. The van der Waals surface area contributed by atoms with Crippen LogP contribution in [0.4, 0.5) is 5.95 Å². The van der Waals surface area contributed by atoms with E-state index < -0.39 is 0 Å². The molecule has 4 bridgehead atoms. The monoisotopic (exact) mass is 534 g/mol. The summed E-state index contributed by atoms with van der Waals surface area (Å²) < 4.78 is 11.3. The summed E-state index contributed by atoms with van der Waals surface area (Å²) in [5.41, 5.74) is 5.51. The van der Waals surface area contributed by atoms with Crippen molar-refractivity contribution in [1.29, 1.82) is 0 Å². The molecule has 180 valence electrons. The molecule has 9 heteroatoms. The average molecular weight is 535 g/mol. The Bertz CT molecular complexity index is 1470. The molecular weight excluding hydrogens is 508 g/mol. The summed E-state index contributed by atoms with van der Waals surface area (Å²) >= 11 is 3.59. The molecule has 1 amide bonds. The number of amides is 1. The number of halogens is 1. The molecule has 1 aliphatic heterocycles. The van der Waals surface area contributed by atoms with Crippen LogP contribution in [0.25, 0.3) is 22.3 Å². The van der Waals surface area contributed by atoms with Gasteiger partial charge in [0.05, 0.1) is 34.6 Å². The van der Waals surface area contributed by atoms with Crippen LogP contribution in [0.5, 0.6) is 5.88 Å². The van der Waals surface area contributed by atoms with Gasteiger partial charge >= 0.3 is 0 Å². The van der Waals surface area contributed by atoms with Gasteiger partial charge in [-0.25, -0.2) is 9.67 Å². The first-order valence-electron chi connectivity index (χ1n) is 12.0. The molecule has 0 spiro atoms. The lowest BCUT2D eigenvalue weighted by atomic mass is 10.1. The second-order valence-corrected chi connectivity index (χ2v) is 10.7. The first-order valence-corrected chi connectivity index (χ1v) is 12.8. The maximum atomic E-state index is 13.5. The normalized spacial score (nSPS) is 19.9. The number of aromatic nitrogens is 5. The molecule has 3 aromatic heterocycles. The Kier molecular flexibility index (Phi) is 5.40. The summed E-state index contributed by atoms with van der Waals surface area (Å²) in [4.78, 5) is 23.0. The van der Waals surface area contributed by atoms with Crippen LogP contribution in [0.1, 0.15) is 41.0 Å². The number of anilines is 1. The van der Waals surface area contributed by atoms with Gasteiger partial charge in [0.15, 0.2) is 0 Å². The highest BCUT2D eigenvalue weighted by atomic mass is 79.9. The zero-order chi connectivity index (χ0) is 24.3. The van der Waals surface area contributed by atoms with E-state index in [4.69, 9.17) is 14.7 Å². The number of ether oxygens (including phenoxy) is 1. The Balaban J connectivity index is 1.50. The maximum Gasteiger partial charge on any atom is 0.258 e. The minimum Gasteiger partial charge on any atom is -0.477 e. The predicted molar refractivity (Wildman–Crippen MR) is 138 cm³/mol. The number of carbonyl (C=O) groups is 1. The van der Waals surface area contributed by atoms with Gasteiger partial charge in [-0.2, -0.15) is 5.10 Å². The van der Waals surface area contributed by atoms with E-state index in [2.05, 4.69) is 37.0 Å². The van der Waals surface area contributed by atoms with Gasteiger partial charge in [-0.1, -0.05) is 15.9 Å². The highest BCUT2D eigenvalue weighted by Crippen LogP contribution is 2.37. The van der Waals surface area contributed by atoms with E-state index in [1.54, 1.807) is 10.7 Å². The second-order valence-electron chi connectivity index (χ2n) is 9.76. The third-order valence-electron chi connectivity index (χ3n) is 7.12. The fourth-order valence-corrected chi connectivity index (χ4v) is 5.87. The van der Waals surface area contributed by atoms with Crippen molar-refractivity contribution in [2.24, 2.45) is 18.9 Å². The molecule has 4 heterocycles. The molecule has 2 aliphatic rings. The zero-order valence-corrected chi connectivity index (χ0v) is 21.6. The molecule has 35 heavy (non-hydrogen) atoms. The van der Waals surface area contributed by atoms with Crippen molar-refractivity contribution in [3.8, 4) is 17.1 Å². The topological polar surface area (TPSA) is 86.9 Å². The molecule has 1 saturated carbocycles. The molecule has 1 aliphatic carbocycles. The number of fused-ring (bicyclic) bond motifs is 9. The van der Waals surface area contributed by atoms with Gasteiger partial charge in [-0.3, -0.25) is 15.1 Å². The maximum absolute atomic E-state index is 13.5.